The van der Waals surface area contributed by atoms with Crippen LogP contribution in [-0.2, 0) is 10.2 Å². The van der Waals surface area contributed by atoms with E-state index in [4.69, 9.17) is 13.9 Å². The lowest BCUT2D eigenvalue weighted by Gasteiger charge is -2.21. The third-order valence-corrected chi connectivity index (χ3v) is 6.06. The summed E-state index contributed by atoms with van der Waals surface area (Å²) in [5, 5.41) is 3.24. The number of para-hydroxylation sites is 3. The molecular weight excluding hydrogens is 454 g/mol. The van der Waals surface area contributed by atoms with Gasteiger partial charge in [0.15, 0.2) is 11.9 Å². The van der Waals surface area contributed by atoms with E-state index in [2.05, 4.69) is 26.1 Å². The van der Waals surface area contributed by atoms with E-state index in [0.717, 1.165) is 5.56 Å². The van der Waals surface area contributed by atoms with Crippen molar-refractivity contribution in [1.29, 1.82) is 0 Å². The fraction of sp³-hybridized carbons (Fsp3) is 0.267. The molecule has 6 nitrogen and oxygen atoms in total. The molecular formula is C30H31NO5. The Kier molecular flexibility index (Phi) is 7.15. The highest BCUT2D eigenvalue weighted by Gasteiger charge is 2.26. The van der Waals surface area contributed by atoms with Crippen molar-refractivity contribution >= 4 is 22.6 Å². The lowest BCUT2D eigenvalue weighted by molar-refractivity contribution is -0.122. The number of carbonyl (C=O) groups is 1. The van der Waals surface area contributed by atoms with Gasteiger partial charge in [-0.05, 0) is 41.7 Å². The highest BCUT2D eigenvalue weighted by Crippen LogP contribution is 2.34. The maximum Gasteiger partial charge on any atom is 0.265 e. The summed E-state index contributed by atoms with van der Waals surface area (Å²) in [6.45, 7) is 8.24. The second kappa shape index (κ2) is 10.3. The van der Waals surface area contributed by atoms with Gasteiger partial charge in [0.05, 0.1) is 18.2 Å². The van der Waals surface area contributed by atoms with Crippen molar-refractivity contribution in [2.75, 3.05) is 12.4 Å². The van der Waals surface area contributed by atoms with Crippen LogP contribution in [0.15, 0.2) is 82.0 Å². The molecule has 0 spiro atoms. The van der Waals surface area contributed by atoms with Gasteiger partial charge in [-0.25, -0.2) is 0 Å². The zero-order valence-corrected chi connectivity index (χ0v) is 21.3. The van der Waals surface area contributed by atoms with Gasteiger partial charge in [0, 0.05) is 5.56 Å². The SMILES string of the molecule is CCC(Oc1c(-c2ccc(C(C)(C)C)cc2)oc2ccccc2c1=O)C(=O)Nc1ccccc1OC. The Morgan fingerprint density at radius 1 is 0.972 bits per heavy atom. The van der Waals surface area contributed by atoms with Crippen molar-refractivity contribution in [3.8, 4) is 22.8 Å². The normalized spacial score (nSPS) is 12.2. The van der Waals surface area contributed by atoms with Gasteiger partial charge < -0.3 is 19.2 Å². The van der Waals surface area contributed by atoms with Crippen molar-refractivity contribution in [3.05, 3.63) is 88.6 Å². The van der Waals surface area contributed by atoms with E-state index in [-0.39, 0.29) is 22.5 Å². The van der Waals surface area contributed by atoms with E-state index in [1.54, 1.807) is 36.4 Å². The van der Waals surface area contributed by atoms with Gasteiger partial charge in [0.1, 0.15) is 11.3 Å². The average Bonchev–Trinajstić information content (AvgIpc) is 2.88. The quantitative estimate of drug-likeness (QED) is 0.321. The standard InChI is InChI=1S/C30H31NO5/c1-6-23(29(33)31-22-12-8-10-14-25(22)34-5)35-28-26(32)21-11-7-9-13-24(21)36-27(28)19-15-17-20(18-16-19)30(2,3)4/h7-18,23H,6H2,1-5H3,(H,31,33). The fourth-order valence-electron chi connectivity index (χ4n) is 3.97. The monoisotopic (exact) mass is 485 g/mol. The summed E-state index contributed by atoms with van der Waals surface area (Å²) in [7, 11) is 1.54. The van der Waals surface area contributed by atoms with Crippen LogP contribution in [-0.4, -0.2) is 19.1 Å². The number of amides is 1. The van der Waals surface area contributed by atoms with Crippen LogP contribution in [0.5, 0.6) is 11.5 Å². The van der Waals surface area contributed by atoms with E-state index in [1.165, 1.54) is 7.11 Å². The Morgan fingerprint density at radius 3 is 2.31 bits per heavy atom. The summed E-state index contributed by atoms with van der Waals surface area (Å²) in [5.74, 6) is 0.455. The van der Waals surface area contributed by atoms with Crippen molar-refractivity contribution < 1.29 is 18.7 Å². The fourth-order valence-corrected chi connectivity index (χ4v) is 3.97. The molecule has 0 saturated carbocycles. The van der Waals surface area contributed by atoms with Crippen LogP contribution in [0.25, 0.3) is 22.3 Å². The van der Waals surface area contributed by atoms with E-state index < -0.39 is 6.10 Å². The lowest BCUT2D eigenvalue weighted by atomic mass is 9.86. The summed E-state index contributed by atoms with van der Waals surface area (Å²) < 4.78 is 17.7. The highest BCUT2D eigenvalue weighted by molar-refractivity contribution is 5.96. The summed E-state index contributed by atoms with van der Waals surface area (Å²) in [6.07, 6.45) is -0.582. The van der Waals surface area contributed by atoms with Gasteiger partial charge >= 0.3 is 0 Å². The minimum Gasteiger partial charge on any atom is -0.495 e. The molecule has 186 valence electrons. The van der Waals surface area contributed by atoms with Crippen LogP contribution >= 0.6 is 0 Å². The number of hydrogen-bond acceptors (Lipinski definition) is 5. The number of nitrogens with one attached hydrogen (secondary N) is 1. The van der Waals surface area contributed by atoms with Crippen molar-refractivity contribution in [1.82, 2.24) is 0 Å². The summed E-state index contributed by atoms with van der Waals surface area (Å²) >= 11 is 0. The zero-order valence-electron chi connectivity index (χ0n) is 21.3. The van der Waals surface area contributed by atoms with Crippen molar-refractivity contribution in [3.63, 3.8) is 0 Å². The molecule has 1 N–H and O–H groups in total. The number of methoxy groups -OCH3 is 1. The molecule has 4 rings (SSSR count). The Hall–Kier alpha value is -4.06. The van der Waals surface area contributed by atoms with Gasteiger partial charge in [-0.3, -0.25) is 9.59 Å². The van der Waals surface area contributed by atoms with Gasteiger partial charge in [-0.15, -0.1) is 0 Å². The molecule has 0 aliphatic rings. The lowest BCUT2D eigenvalue weighted by Crippen LogP contribution is -2.34. The van der Waals surface area contributed by atoms with Crippen molar-refractivity contribution in [2.45, 2.75) is 45.6 Å². The molecule has 0 saturated heterocycles. The van der Waals surface area contributed by atoms with Crippen LogP contribution in [0.3, 0.4) is 0 Å². The molecule has 3 aromatic carbocycles. The van der Waals surface area contributed by atoms with E-state index >= 15 is 0 Å². The number of benzene rings is 3. The third-order valence-electron chi connectivity index (χ3n) is 6.06. The number of carbonyl (C=O) groups excluding carboxylic acids is 1. The van der Waals surface area contributed by atoms with E-state index in [1.807, 2.05) is 43.3 Å². The minimum atomic E-state index is -0.924. The number of rotatable bonds is 7. The molecule has 1 heterocycles. The maximum absolute atomic E-state index is 13.5. The van der Waals surface area contributed by atoms with Gasteiger partial charge in [0.25, 0.3) is 5.91 Å². The van der Waals surface area contributed by atoms with Crippen molar-refractivity contribution in [2.24, 2.45) is 0 Å². The second-order valence-electron chi connectivity index (χ2n) is 9.62. The number of ether oxygens (including phenoxy) is 2. The van der Waals surface area contributed by atoms with Gasteiger partial charge in [-0.1, -0.05) is 76.2 Å². The molecule has 1 unspecified atom stereocenters. The molecule has 4 aromatic rings. The molecule has 6 heteroatoms. The zero-order chi connectivity index (χ0) is 25.9. The van der Waals surface area contributed by atoms with Gasteiger partial charge in [-0.2, -0.15) is 0 Å². The predicted octanol–water partition coefficient (Wildman–Crippen LogP) is 6.56. The first kappa shape index (κ1) is 25.0. The van der Waals surface area contributed by atoms with E-state index in [9.17, 15) is 9.59 Å². The predicted molar refractivity (Wildman–Crippen MR) is 143 cm³/mol. The third kappa shape index (κ3) is 5.13. The molecule has 0 fully saturated rings. The maximum atomic E-state index is 13.5. The molecule has 0 aliphatic heterocycles. The van der Waals surface area contributed by atoms with Gasteiger partial charge in [0.2, 0.25) is 11.2 Å². The molecule has 1 atom stereocenters. The topological polar surface area (TPSA) is 77.8 Å². The molecule has 0 aliphatic carbocycles. The van der Waals surface area contributed by atoms with E-state index in [0.29, 0.717) is 40.2 Å². The molecule has 0 radical (unpaired) electrons. The molecule has 1 aromatic heterocycles. The number of fused-ring (bicyclic) bond motifs is 1. The highest BCUT2D eigenvalue weighted by atomic mass is 16.5. The molecule has 36 heavy (non-hydrogen) atoms. The van der Waals surface area contributed by atoms with Crippen LogP contribution in [0, 0.1) is 0 Å². The summed E-state index contributed by atoms with van der Waals surface area (Å²) in [5.41, 5.74) is 2.48. The Morgan fingerprint density at radius 2 is 1.64 bits per heavy atom. The average molecular weight is 486 g/mol. The smallest absolute Gasteiger partial charge is 0.265 e. The first-order valence-corrected chi connectivity index (χ1v) is 12.0. The Bertz CT molecular complexity index is 1430. The Labute approximate surface area is 210 Å². The number of anilines is 1. The van der Waals surface area contributed by atoms with Crippen LogP contribution in [0.4, 0.5) is 5.69 Å². The van der Waals surface area contributed by atoms with Crippen LogP contribution in [0.1, 0.15) is 39.7 Å². The van der Waals surface area contributed by atoms with Crippen LogP contribution < -0.4 is 20.2 Å². The second-order valence-corrected chi connectivity index (χ2v) is 9.62. The molecule has 1 amide bonds. The minimum absolute atomic E-state index is 0.0132. The largest absolute Gasteiger partial charge is 0.495 e. The van der Waals surface area contributed by atoms with Crippen LogP contribution in [0.2, 0.25) is 0 Å². The number of hydrogen-bond donors (Lipinski definition) is 1. The summed E-state index contributed by atoms with van der Waals surface area (Å²) in [6, 6.07) is 22.0. The summed E-state index contributed by atoms with van der Waals surface area (Å²) in [4.78, 5) is 26.7. The molecule has 0 bridgehead atoms. The first-order chi connectivity index (χ1) is 17.2. The first-order valence-electron chi connectivity index (χ1n) is 12.0. The Balaban J connectivity index is 1.75.